The highest BCUT2D eigenvalue weighted by molar-refractivity contribution is 6.31. The van der Waals surface area contributed by atoms with Gasteiger partial charge in [0.05, 0.1) is 10.4 Å². The van der Waals surface area contributed by atoms with E-state index >= 15 is 0 Å². The summed E-state index contributed by atoms with van der Waals surface area (Å²) in [5.41, 5.74) is 5.36. The van der Waals surface area contributed by atoms with Gasteiger partial charge in [0.1, 0.15) is 5.82 Å². The average Bonchev–Trinajstić information content (AvgIpc) is 2.31. The molecule has 0 bridgehead atoms. The maximum absolute atomic E-state index is 13.2. The summed E-state index contributed by atoms with van der Waals surface area (Å²) in [5, 5.41) is -0.218. The van der Waals surface area contributed by atoms with E-state index in [1.807, 2.05) is 13.8 Å². The Balaban J connectivity index is 2.49. The molecule has 2 rings (SSSR count). The molecule has 19 heavy (non-hydrogen) atoms. The van der Waals surface area contributed by atoms with E-state index in [0.29, 0.717) is 0 Å². The van der Waals surface area contributed by atoms with Crippen molar-refractivity contribution in [2.45, 2.75) is 26.1 Å². The molecule has 1 atom stereocenters. The maximum Gasteiger partial charge on any atom is 0.141 e. The van der Waals surface area contributed by atoms with Crippen molar-refractivity contribution in [3.8, 4) is 0 Å². The normalized spacial score (nSPS) is 12.5. The van der Waals surface area contributed by atoms with Crippen LogP contribution in [0.1, 0.15) is 33.2 Å². The molecule has 0 nitrogen and oxygen atoms in total. The summed E-state index contributed by atoms with van der Waals surface area (Å²) in [6.45, 7) is 6.13. The Bertz CT molecular complexity index is 597. The lowest BCUT2D eigenvalue weighted by atomic mass is 9.94. The van der Waals surface area contributed by atoms with E-state index in [9.17, 15) is 4.39 Å². The highest BCUT2D eigenvalue weighted by Crippen LogP contribution is 2.35. The number of benzene rings is 2. The highest BCUT2D eigenvalue weighted by Gasteiger charge is 2.17. The molecule has 0 N–H and O–H groups in total. The number of aryl methyl sites for hydroxylation is 3. The first-order valence-electron chi connectivity index (χ1n) is 6.07. The molecule has 2 aromatic rings. The van der Waals surface area contributed by atoms with E-state index < -0.39 is 5.82 Å². The first-order chi connectivity index (χ1) is 8.90. The van der Waals surface area contributed by atoms with Gasteiger partial charge in [-0.3, -0.25) is 0 Å². The van der Waals surface area contributed by atoms with Crippen molar-refractivity contribution in [2.75, 3.05) is 0 Å². The van der Waals surface area contributed by atoms with Crippen molar-refractivity contribution in [1.82, 2.24) is 0 Å². The van der Waals surface area contributed by atoms with Crippen LogP contribution >= 0.6 is 23.2 Å². The first-order valence-corrected chi connectivity index (χ1v) is 6.88. The topological polar surface area (TPSA) is 0 Å². The van der Waals surface area contributed by atoms with E-state index in [0.717, 1.165) is 22.3 Å². The van der Waals surface area contributed by atoms with E-state index in [1.54, 1.807) is 12.1 Å². The van der Waals surface area contributed by atoms with Crippen LogP contribution < -0.4 is 0 Å². The Morgan fingerprint density at radius 3 is 2.11 bits per heavy atom. The monoisotopic (exact) mass is 296 g/mol. The summed E-state index contributed by atoms with van der Waals surface area (Å²) < 4.78 is 13.2. The highest BCUT2D eigenvalue weighted by atomic mass is 35.5. The third kappa shape index (κ3) is 2.93. The Hall–Kier alpha value is -1.05. The Morgan fingerprint density at radius 2 is 1.58 bits per heavy atom. The zero-order valence-electron chi connectivity index (χ0n) is 11.1. The van der Waals surface area contributed by atoms with Gasteiger partial charge in [0.2, 0.25) is 0 Å². The quantitative estimate of drug-likeness (QED) is 0.621. The molecule has 2 aromatic carbocycles. The van der Waals surface area contributed by atoms with Gasteiger partial charge in [0, 0.05) is 0 Å². The zero-order valence-corrected chi connectivity index (χ0v) is 12.6. The van der Waals surface area contributed by atoms with Crippen LogP contribution in [0.25, 0.3) is 0 Å². The van der Waals surface area contributed by atoms with Crippen molar-refractivity contribution < 1.29 is 4.39 Å². The van der Waals surface area contributed by atoms with Crippen LogP contribution in [0.15, 0.2) is 30.3 Å². The fourth-order valence-electron chi connectivity index (χ4n) is 2.43. The third-order valence-corrected chi connectivity index (χ3v) is 3.99. The van der Waals surface area contributed by atoms with Gasteiger partial charge in [-0.05, 0) is 55.2 Å². The number of halogens is 3. The molecule has 3 heteroatoms. The number of rotatable bonds is 2. The molecule has 0 saturated carbocycles. The fourth-order valence-corrected chi connectivity index (χ4v) is 3.10. The van der Waals surface area contributed by atoms with Crippen LogP contribution in [0, 0.1) is 26.6 Å². The Morgan fingerprint density at radius 1 is 1.00 bits per heavy atom. The summed E-state index contributed by atoms with van der Waals surface area (Å²) in [6, 6.07) is 8.82. The van der Waals surface area contributed by atoms with Crippen molar-refractivity contribution in [1.29, 1.82) is 0 Å². The average molecular weight is 297 g/mol. The fraction of sp³-hybridized carbons (Fsp3) is 0.250. The molecule has 1 unspecified atom stereocenters. The summed E-state index contributed by atoms with van der Waals surface area (Å²) in [6.07, 6.45) is 0. The van der Waals surface area contributed by atoms with Crippen LogP contribution in [0.4, 0.5) is 4.39 Å². The minimum atomic E-state index is -0.424. The van der Waals surface area contributed by atoms with Crippen LogP contribution in [0.3, 0.4) is 0 Å². The predicted octanol–water partition coefficient (Wildman–Crippen LogP) is 5.73. The van der Waals surface area contributed by atoms with Crippen molar-refractivity contribution in [2.24, 2.45) is 0 Å². The molecule has 0 fully saturated rings. The Kier molecular flexibility index (Phi) is 4.17. The molecule has 0 aromatic heterocycles. The largest absolute Gasteiger partial charge is 0.205 e. The second kappa shape index (κ2) is 5.52. The number of hydrogen-bond donors (Lipinski definition) is 0. The SMILES string of the molecule is Cc1cc(C)c(C(Cl)c2ccc(F)c(Cl)c2)c(C)c1. The molecule has 100 valence electrons. The van der Waals surface area contributed by atoms with Crippen LogP contribution in [-0.4, -0.2) is 0 Å². The summed E-state index contributed by atoms with van der Waals surface area (Å²) in [4.78, 5) is 0. The molecule has 0 aliphatic heterocycles. The maximum atomic E-state index is 13.2. The van der Waals surface area contributed by atoms with Crippen LogP contribution in [-0.2, 0) is 0 Å². The lowest BCUT2D eigenvalue weighted by Gasteiger charge is -2.17. The molecule has 0 amide bonds. The van der Waals surface area contributed by atoms with Gasteiger partial charge >= 0.3 is 0 Å². The minimum absolute atomic E-state index is 0.102. The first kappa shape index (κ1) is 14.4. The zero-order chi connectivity index (χ0) is 14.2. The molecule has 0 heterocycles. The smallest absolute Gasteiger partial charge is 0.141 e. The van der Waals surface area contributed by atoms with Gasteiger partial charge in [-0.2, -0.15) is 0 Å². The van der Waals surface area contributed by atoms with Gasteiger partial charge in [0.15, 0.2) is 0 Å². The molecule has 0 spiro atoms. The lowest BCUT2D eigenvalue weighted by molar-refractivity contribution is 0.627. The van der Waals surface area contributed by atoms with Gasteiger partial charge in [0.25, 0.3) is 0 Å². The second-order valence-electron chi connectivity index (χ2n) is 4.85. The molecular formula is C16H15Cl2F. The van der Waals surface area contributed by atoms with Crippen molar-refractivity contribution in [3.05, 3.63) is 69.0 Å². The molecule has 0 aliphatic rings. The van der Waals surface area contributed by atoms with Gasteiger partial charge in [-0.25, -0.2) is 4.39 Å². The van der Waals surface area contributed by atoms with Crippen LogP contribution in [0.5, 0.6) is 0 Å². The summed E-state index contributed by atoms with van der Waals surface area (Å²) >= 11 is 12.4. The lowest BCUT2D eigenvalue weighted by Crippen LogP contribution is -2.01. The number of hydrogen-bond acceptors (Lipinski definition) is 0. The van der Waals surface area contributed by atoms with Crippen molar-refractivity contribution in [3.63, 3.8) is 0 Å². The Labute approximate surface area is 123 Å². The molecule has 0 radical (unpaired) electrons. The van der Waals surface area contributed by atoms with Gasteiger partial charge in [-0.15, -0.1) is 11.6 Å². The van der Waals surface area contributed by atoms with E-state index in [4.69, 9.17) is 23.2 Å². The van der Waals surface area contributed by atoms with Gasteiger partial charge < -0.3 is 0 Å². The van der Waals surface area contributed by atoms with E-state index in [-0.39, 0.29) is 10.4 Å². The molecule has 0 saturated heterocycles. The number of alkyl halides is 1. The van der Waals surface area contributed by atoms with Crippen molar-refractivity contribution >= 4 is 23.2 Å². The second-order valence-corrected chi connectivity index (χ2v) is 5.69. The minimum Gasteiger partial charge on any atom is -0.205 e. The predicted molar refractivity (Wildman–Crippen MR) is 79.8 cm³/mol. The van der Waals surface area contributed by atoms with Gasteiger partial charge in [-0.1, -0.05) is 35.4 Å². The summed E-state index contributed by atoms with van der Waals surface area (Å²) in [7, 11) is 0. The van der Waals surface area contributed by atoms with Crippen LogP contribution in [0.2, 0.25) is 5.02 Å². The molecule has 0 aliphatic carbocycles. The standard InChI is InChI=1S/C16H15Cl2F/c1-9-6-10(2)15(11(3)7-9)16(18)12-4-5-14(19)13(17)8-12/h4-8,16H,1-3H3. The third-order valence-electron chi connectivity index (χ3n) is 3.23. The molecular weight excluding hydrogens is 282 g/mol. The van der Waals surface area contributed by atoms with E-state index in [2.05, 4.69) is 19.1 Å². The summed E-state index contributed by atoms with van der Waals surface area (Å²) in [5.74, 6) is -0.424. The van der Waals surface area contributed by atoms with E-state index in [1.165, 1.54) is 11.6 Å².